The largest absolute Gasteiger partial charge is 0.478 e. The highest BCUT2D eigenvalue weighted by Gasteiger charge is 2.14. The van der Waals surface area contributed by atoms with Gasteiger partial charge in [0.25, 0.3) is 0 Å². The summed E-state index contributed by atoms with van der Waals surface area (Å²) in [6.07, 6.45) is 5.09. The fourth-order valence-electron chi connectivity index (χ4n) is 2.95. The highest BCUT2D eigenvalue weighted by atomic mass is 16.4. The molecular weight excluding hydrogens is 328 g/mol. The van der Waals surface area contributed by atoms with Crippen molar-refractivity contribution in [1.82, 2.24) is 0 Å². The van der Waals surface area contributed by atoms with E-state index >= 15 is 0 Å². The molecule has 3 aromatic rings. The second-order valence-electron chi connectivity index (χ2n) is 6.29. The van der Waals surface area contributed by atoms with E-state index in [4.69, 9.17) is 9.52 Å². The molecule has 0 aliphatic carbocycles. The molecule has 0 aliphatic rings. The molecule has 2 aromatic carbocycles. The van der Waals surface area contributed by atoms with E-state index in [1.54, 1.807) is 6.07 Å². The Labute approximate surface area is 151 Å². The lowest BCUT2D eigenvalue weighted by Crippen LogP contribution is -2.12. The minimum atomic E-state index is -1.06. The number of carboxylic acids is 1. The fraction of sp³-hybridized carbons (Fsp3) is 0.182. The molecule has 0 saturated heterocycles. The molecule has 0 amide bonds. The number of fused-ring (bicyclic) bond motifs is 1. The van der Waals surface area contributed by atoms with Crippen LogP contribution in [0.1, 0.15) is 46.2 Å². The lowest BCUT2D eigenvalue weighted by Gasteiger charge is -2.07. The summed E-state index contributed by atoms with van der Waals surface area (Å²) in [6.45, 7) is 4.02. The molecule has 0 atom stereocenters. The monoisotopic (exact) mass is 348 g/mol. The van der Waals surface area contributed by atoms with Crippen LogP contribution in [0.2, 0.25) is 0 Å². The quantitative estimate of drug-likeness (QED) is 0.710. The topological polar surface area (TPSA) is 67.5 Å². The van der Waals surface area contributed by atoms with Crippen molar-refractivity contribution in [3.05, 3.63) is 80.7 Å². The first-order chi connectivity index (χ1) is 12.5. The van der Waals surface area contributed by atoms with Crippen LogP contribution in [0.5, 0.6) is 0 Å². The average Bonchev–Trinajstić information content (AvgIpc) is 2.62. The molecule has 0 spiro atoms. The SMILES string of the molecule is CCCc1c(/C=C/c2cccc(C)c2)oc2ccc(C(=O)O)cc2c1=O. The van der Waals surface area contributed by atoms with Crippen LogP contribution in [-0.2, 0) is 6.42 Å². The van der Waals surface area contributed by atoms with Crippen molar-refractivity contribution in [2.24, 2.45) is 0 Å². The van der Waals surface area contributed by atoms with E-state index < -0.39 is 5.97 Å². The van der Waals surface area contributed by atoms with Crippen LogP contribution in [0.15, 0.2) is 51.7 Å². The molecular formula is C22H20O4. The van der Waals surface area contributed by atoms with Gasteiger partial charge in [0.2, 0.25) is 0 Å². The molecule has 0 saturated carbocycles. The normalized spacial score (nSPS) is 11.3. The first-order valence-corrected chi connectivity index (χ1v) is 8.57. The summed E-state index contributed by atoms with van der Waals surface area (Å²) in [6, 6.07) is 12.4. The van der Waals surface area contributed by atoms with E-state index in [2.05, 4.69) is 0 Å². The van der Waals surface area contributed by atoms with Crippen LogP contribution < -0.4 is 5.43 Å². The average molecular weight is 348 g/mol. The van der Waals surface area contributed by atoms with Gasteiger partial charge < -0.3 is 9.52 Å². The zero-order valence-corrected chi connectivity index (χ0v) is 14.8. The molecule has 3 rings (SSSR count). The number of aromatic carboxylic acids is 1. The summed E-state index contributed by atoms with van der Waals surface area (Å²) in [5.41, 5.74) is 3.06. The van der Waals surface area contributed by atoms with Crippen molar-refractivity contribution >= 4 is 29.1 Å². The zero-order valence-electron chi connectivity index (χ0n) is 14.8. The van der Waals surface area contributed by atoms with Gasteiger partial charge in [0.15, 0.2) is 5.43 Å². The van der Waals surface area contributed by atoms with Crippen molar-refractivity contribution in [3.8, 4) is 0 Å². The van der Waals surface area contributed by atoms with Crippen LogP contribution in [0.25, 0.3) is 23.1 Å². The van der Waals surface area contributed by atoms with Gasteiger partial charge in [0.1, 0.15) is 11.3 Å². The maximum Gasteiger partial charge on any atom is 0.335 e. The molecule has 0 unspecified atom stereocenters. The van der Waals surface area contributed by atoms with Crippen molar-refractivity contribution in [2.75, 3.05) is 0 Å². The molecule has 1 aromatic heterocycles. The Morgan fingerprint density at radius 3 is 2.65 bits per heavy atom. The Hall–Kier alpha value is -3.14. The second-order valence-corrected chi connectivity index (χ2v) is 6.29. The van der Waals surface area contributed by atoms with E-state index in [9.17, 15) is 9.59 Å². The Balaban J connectivity index is 2.15. The van der Waals surface area contributed by atoms with E-state index in [1.165, 1.54) is 12.1 Å². The number of carbonyl (C=O) groups is 1. The van der Waals surface area contributed by atoms with Crippen LogP contribution >= 0.6 is 0 Å². The highest BCUT2D eigenvalue weighted by molar-refractivity contribution is 5.93. The summed E-state index contributed by atoms with van der Waals surface area (Å²) < 4.78 is 5.93. The van der Waals surface area contributed by atoms with Gasteiger partial charge in [-0.05, 0) is 43.2 Å². The summed E-state index contributed by atoms with van der Waals surface area (Å²) in [5.74, 6) is -0.541. The third kappa shape index (κ3) is 3.59. The van der Waals surface area contributed by atoms with Crippen LogP contribution in [0, 0.1) is 6.92 Å². The van der Waals surface area contributed by atoms with Gasteiger partial charge in [-0.1, -0.05) is 49.2 Å². The summed E-state index contributed by atoms with van der Waals surface area (Å²) in [7, 11) is 0. The van der Waals surface area contributed by atoms with Gasteiger partial charge in [-0.15, -0.1) is 0 Å². The predicted octanol–water partition coefficient (Wildman–Crippen LogP) is 4.92. The summed E-state index contributed by atoms with van der Waals surface area (Å²) in [5, 5.41) is 9.46. The molecule has 1 N–H and O–H groups in total. The minimum Gasteiger partial charge on any atom is -0.478 e. The standard InChI is InChI=1S/C22H20O4/c1-3-5-17-19(10-8-15-7-4-6-14(2)12-15)26-20-11-9-16(22(24)25)13-18(20)21(17)23/h4,6-13H,3,5H2,1-2H3,(H,24,25)/b10-8+. The van der Waals surface area contributed by atoms with Crippen molar-refractivity contribution in [1.29, 1.82) is 0 Å². The smallest absolute Gasteiger partial charge is 0.335 e. The molecule has 0 radical (unpaired) electrons. The summed E-state index contributed by atoms with van der Waals surface area (Å²) in [4.78, 5) is 24.1. The molecule has 26 heavy (non-hydrogen) atoms. The van der Waals surface area contributed by atoms with Crippen LogP contribution in [0.3, 0.4) is 0 Å². The number of carboxylic acid groups (broad SMARTS) is 1. The predicted molar refractivity (Wildman–Crippen MR) is 104 cm³/mol. The van der Waals surface area contributed by atoms with Gasteiger partial charge in [-0.2, -0.15) is 0 Å². The van der Waals surface area contributed by atoms with Gasteiger partial charge >= 0.3 is 5.97 Å². The van der Waals surface area contributed by atoms with Crippen LogP contribution in [-0.4, -0.2) is 11.1 Å². The molecule has 4 heteroatoms. The molecule has 1 heterocycles. The number of aryl methyl sites for hydroxylation is 1. The Bertz CT molecular complexity index is 1060. The Morgan fingerprint density at radius 1 is 1.15 bits per heavy atom. The number of benzene rings is 2. The van der Waals surface area contributed by atoms with Crippen LogP contribution in [0.4, 0.5) is 0 Å². The molecule has 0 bridgehead atoms. The van der Waals surface area contributed by atoms with E-state index in [0.717, 1.165) is 17.5 Å². The lowest BCUT2D eigenvalue weighted by atomic mass is 10.0. The maximum atomic E-state index is 12.9. The van der Waals surface area contributed by atoms with Crippen molar-refractivity contribution < 1.29 is 14.3 Å². The highest BCUT2D eigenvalue weighted by Crippen LogP contribution is 2.21. The van der Waals surface area contributed by atoms with E-state index in [-0.39, 0.29) is 11.0 Å². The molecule has 132 valence electrons. The first-order valence-electron chi connectivity index (χ1n) is 8.57. The number of hydrogen-bond donors (Lipinski definition) is 1. The zero-order chi connectivity index (χ0) is 18.7. The summed E-state index contributed by atoms with van der Waals surface area (Å²) >= 11 is 0. The third-order valence-electron chi connectivity index (χ3n) is 4.23. The van der Waals surface area contributed by atoms with Gasteiger partial charge in [-0.3, -0.25) is 4.79 Å². The minimum absolute atomic E-state index is 0.0790. The number of hydrogen-bond acceptors (Lipinski definition) is 3. The Morgan fingerprint density at radius 2 is 1.96 bits per heavy atom. The second kappa shape index (κ2) is 7.40. The van der Waals surface area contributed by atoms with E-state index in [1.807, 2.05) is 50.3 Å². The maximum absolute atomic E-state index is 12.9. The Kier molecular flexibility index (Phi) is 5.03. The molecule has 4 nitrogen and oxygen atoms in total. The molecule has 0 fully saturated rings. The van der Waals surface area contributed by atoms with Crippen molar-refractivity contribution in [3.63, 3.8) is 0 Å². The number of rotatable bonds is 5. The van der Waals surface area contributed by atoms with Crippen molar-refractivity contribution in [2.45, 2.75) is 26.7 Å². The van der Waals surface area contributed by atoms with Gasteiger partial charge in [0, 0.05) is 5.56 Å². The fourth-order valence-corrected chi connectivity index (χ4v) is 2.95. The first kappa shape index (κ1) is 17.7. The lowest BCUT2D eigenvalue weighted by molar-refractivity contribution is 0.0697. The van der Waals surface area contributed by atoms with E-state index in [0.29, 0.717) is 28.7 Å². The van der Waals surface area contributed by atoms with Gasteiger partial charge in [0.05, 0.1) is 10.9 Å². The third-order valence-corrected chi connectivity index (χ3v) is 4.23. The molecule has 0 aliphatic heterocycles. The van der Waals surface area contributed by atoms with Gasteiger partial charge in [-0.25, -0.2) is 4.79 Å².